The minimum absolute atomic E-state index is 0.160. The minimum atomic E-state index is -0.880. The summed E-state index contributed by atoms with van der Waals surface area (Å²) in [5.41, 5.74) is 6.02. The molecule has 1 saturated heterocycles. The molecule has 7 nitrogen and oxygen atoms in total. The monoisotopic (exact) mass is 373 g/mol. The third-order valence-electron chi connectivity index (χ3n) is 4.64. The van der Waals surface area contributed by atoms with Gasteiger partial charge in [-0.2, -0.15) is 0 Å². The normalized spacial score (nSPS) is 14.8. The molecular formula is C19H20FN3O4. The SMILES string of the molecule is NC(=O)c1ccc(-c2ccc(OCC3CCN(C(=O)O)CC3)cn2)cc1F. The van der Waals surface area contributed by atoms with E-state index in [0.29, 0.717) is 42.6 Å². The number of carboxylic acid groups (broad SMARTS) is 1. The van der Waals surface area contributed by atoms with Crippen molar-refractivity contribution in [2.75, 3.05) is 19.7 Å². The molecule has 0 bridgehead atoms. The number of ether oxygens (including phenoxy) is 1. The van der Waals surface area contributed by atoms with Crippen LogP contribution in [-0.4, -0.2) is 46.7 Å². The summed E-state index contributed by atoms with van der Waals surface area (Å²) in [7, 11) is 0. The lowest BCUT2D eigenvalue weighted by Crippen LogP contribution is -2.38. The van der Waals surface area contributed by atoms with E-state index in [1.54, 1.807) is 24.4 Å². The number of pyridine rings is 1. The van der Waals surface area contributed by atoms with Crippen molar-refractivity contribution in [2.24, 2.45) is 11.7 Å². The van der Waals surface area contributed by atoms with Crippen LogP contribution in [0, 0.1) is 11.7 Å². The van der Waals surface area contributed by atoms with E-state index in [1.165, 1.54) is 17.0 Å². The number of carbonyl (C=O) groups is 2. The molecule has 0 atom stereocenters. The fourth-order valence-corrected chi connectivity index (χ4v) is 3.02. The van der Waals surface area contributed by atoms with Gasteiger partial charge in [-0.3, -0.25) is 9.78 Å². The van der Waals surface area contributed by atoms with Crippen LogP contribution in [0.3, 0.4) is 0 Å². The molecular weight excluding hydrogens is 353 g/mol. The summed E-state index contributed by atoms with van der Waals surface area (Å²) in [4.78, 5) is 27.7. The van der Waals surface area contributed by atoms with Gasteiger partial charge in [0.1, 0.15) is 11.6 Å². The van der Waals surface area contributed by atoms with E-state index in [4.69, 9.17) is 15.6 Å². The Balaban J connectivity index is 1.57. The molecule has 0 aliphatic carbocycles. The van der Waals surface area contributed by atoms with Crippen LogP contribution in [0.4, 0.5) is 9.18 Å². The Morgan fingerprint density at radius 1 is 1.26 bits per heavy atom. The number of amides is 2. The number of benzene rings is 1. The maximum atomic E-state index is 13.9. The number of aromatic nitrogens is 1. The number of piperidine rings is 1. The predicted molar refractivity (Wildman–Crippen MR) is 96.0 cm³/mol. The van der Waals surface area contributed by atoms with Crippen molar-refractivity contribution >= 4 is 12.0 Å². The Bertz CT molecular complexity index is 833. The van der Waals surface area contributed by atoms with Gasteiger partial charge >= 0.3 is 6.09 Å². The fourth-order valence-electron chi connectivity index (χ4n) is 3.02. The summed E-state index contributed by atoms with van der Waals surface area (Å²) in [5, 5.41) is 8.95. The van der Waals surface area contributed by atoms with Gasteiger partial charge in [-0.1, -0.05) is 6.07 Å². The molecule has 2 heterocycles. The zero-order chi connectivity index (χ0) is 19.4. The van der Waals surface area contributed by atoms with Crippen LogP contribution in [0.15, 0.2) is 36.5 Å². The Morgan fingerprint density at radius 2 is 2.00 bits per heavy atom. The lowest BCUT2D eigenvalue weighted by atomic mass is 9.98. The highest BCUT2D eigenvalue weighted by molar-refractivity contribution is 5.93. The van der Waals surface area contributed by atoms with Crippen molar-refractivity contribution in [1.29, 1.82) is 0 Å². The Kier molecular flexibility index (Phi) is 5.54. The van der Waals surface area contributed by atoms with Crippen molar-refractivity contribution in [3.63, 3.8) is 0 Å². The largest absolute Gasteiger partial charge is 0.492 e. The molecule has 1 fully saturated rings. The second kappa shape index (κ2) is 8.03. The summed E-state index contributed by atoms with van der Waals surface area (Å²) in [6.07, 6.45) is 2.21. The van der Waals surface area contributed by atoms with E-state index in [9.17, 15) is 14.0 Å². The molecule has 1 aliphatic rings. The van der Waals surface area contributed by atoms with E-state index in [0.717, 1.165) is 12.8 Å². The van der Waals surface area contributed by atoms with Gasteiger partial charge in [0.2, 0.25) is 0 Å². The van der Waals surface area contributed by atoms with E-state index < -0.39 is 17.8 Å². The Labute approximate surface area is 155 Å². The highest BCUT2D eigenvalue weighted by atomic mass is 19.1. The smallest absolute Gasteiger partial charge is 0.407 e. The van der Waals surface area contributed by atoms with Crippen molar-refractivity contribution in [3.05, 3.63) is 47.9 Å². The molecule has 0 unspecified atom stereocenters. The Morgan fingerprint density at radius 3 is 2.56 bits per heavy atom. The molecule has 0 saturated carbocycles. The molecule has 3 rings (SSSR count). The van der Waals surface area contributed by atoms with Crippen LogP contribution in [0.5, 0.6) is 5.75 Å². The van der Waals surface area contributed by atoms with Gasteiger partial charge in [-0.15, -0.1) is 0 Å². The van der Waals surface area contributed by atoms with Crippen LogP contribution in [0.1, 0.15) is 23.2 Å². The standard InChI is InChI=1S/C19H20FN3O4/c20-16-9-13(1-3-15(16)18(21)24)17-4-2-14(10-22-17)27-11-12-5-7-23(8-6-12)19(25)26/h1-4,9-10,12H,5-8,11H2,(H2,21,24)(H,25,26). The van der Waals surface area contributed by atoms with Crippen LogP contribution in [0.2, 0.25) is 0 Å². The molecule has 0 spiro atoms. The van der Waals surface area contributed by atoms with Gasteiger partial charge in [0.25, 0.3) is 5.91 Å². The zero-order valence-electron chi connectivity index (χ0n) is 14.6. The van der Waals surface area contributed by atoms with Crippen LogP contribution < -0.4 is 10.5 Å². The first-order valence-electron chi connectivity index (χ1n) is 8.60. The predicted octanol–water partition coefficient (Wildman–Crippen LogP) is 2.76. The number of rotatable bonds is 5. The number of likely N-dealkylation sites (tertiary alicyclic amines) is 1. The van der Waals surface area contributed by atoms with Crippen LogP contribution >= 0.6 is 0 Å². The van der Waals surface area contributed by atoms with Crippen molar-refractivity contribution < 1.29 is 23.8 Å². The fraction of sp³-hybridized carbons (Fsp3) is 0.316. The molecule has 1 aromatic carbocycles. The molecule has 1 aliphatic heterocycles. The minimum Gasteiger partial charge on any atom is -0.492 e. The number of primary amides is 1. The van der Waals surface area contributed by atoms with E-state index in [-0.39, 0.29) is 5.56 Å². The van der Waals surface area contributed by atoms with E-state index in [1.807, 2.05) is 0 Å². The zero-order valence-corrected chi connectivity index (χ0v) is 14.6. The third kappa shape index (κ3) is 4.52. The molecule has 27 heavy (non-hydrogen) atoms. The molecule has 2 aromatic rings. The highest BCUT2D eigenvalue weighted by Gasteiger charge is 2.22. The number of hydrogen-bond acceptors (Lipinski definition) is 4. The first-order chi connectivity index (χ1) is 12.9. The molecule has 8 heteroatoms. The Hall–Kier alpha value is -3.16. The van der Waals surface area contributed by atoms with Gasteiger partial charge in [0.15, 0.2) is 0 Å². The number of nitrogens with zero attached hydrogens (tertiary/aromatic N) is 2. The summed E-state index contributed by atoms with van der Waals surface area (Å²) in [6.45, 7) is 1.54. The molecule has 142 valence electrons. The number of hydrogen-bond donors (Lipinski definition) is 2. The van der Waals surface area contributed by atoms with Gasteiger partial charge in [0, 0.05) is 18.7 Å². The summed E-state index contributed by atoms with van der Waals surface area (Å²) >= 11 is 0. The van der Waals surface area contributed by atoms with E-state index in [2.05, 4.69) is 4.98 Å². The second-order valence-electron chi connectivity index (χ2n) is 6.46. The van der Waals surface area contributed by atoms with Crippen molar-refractivity contribution in [3.8, 4) is 17.0 Å². The van der Waals surface area contributed by atoms with E-state index >= 15 is 0 Å². The first-order valence-corrected chi connectivity index (χ1v) is 8.60. The summed E-state index contributed by atoms with van der Waals surface area (Å²) in [5.74, 6) is -0.607. The van der Waals surface area contributed by atoms with Crippen LogP contribution in [-0.2, 0) is 0 Å². The van der Waals surface area contributed by atoms with Gasteiger partial charge in [0.05, 0.1) is 24.1 Å². The van der Waals surface area contributed by atoms with Gasteiger partial charge in [-0.05, 0) is 43.0 Å². The molecule has 2 amide bonds. The molecule has 0 radical (unpaired) electrons. The number of halogens is 1. The number of carbonyl (C=O) groups excluding carboxylic acids is 1. The second-order valence-corrected chi connectivity index (χ2v) is 6.46. The highest BCUT2D eigenvalue weighted by Crippen LogP contribution is 2.23. The average Bonchev–Trinajstić information content (AvgIpc) is 2.66. The van der Waals surface area contributed by atoms with Crippen LogP contribution in [0.25, 0.3) is 11.3 Å². The number of nitrogens with two attached hydrogens (primary N) is 1. The van der Waals surface area contributed by atoms with Gasteiger partial charge in [-0.25, -0.2) is 9.18 Å². The first kappa shape index (κ1) is 18.6. The summed E-state index contributed by atoms with van der Waals surface area (Å²) < 4.78 is 19.6. The lowest BCUT2D eigenvalue weighted by Gasteiger charge is -2.29. The average molecular weight is 373 g/mol. The van der Waals surface area contributed by atoms with Gasteiger partial charge < -0.3 is 20.5 Å². The maximum Gasteiger partial charge on any atom is 0.407 e. The topological polar surface area (TPSA) is 106 Å². The quantitative estimate of drug-likeness (QED) is 0.838. The summed E-state index contributed by atoms with van der Waals surface area (Å²) in [6, 6.07) is 7.60. The lowest BCUT2D eigenvalue weighted by molar-refractivity contribution is 0.0996. The maximum absolute atomic E-state index is 13.9. The third-order valence-corrected chi connectivity index (χ3v) is 4.64. The van der Waals surface area contributed by atoms with Crippen molar-refractivity contribution in [1.82, 2.24) is 9.88 Å². The molecule has 3 N–H and O–H groups in total. The van der Waals surface area contributed by atoms with Crippen molar-refractivity contribution in [2.45, 2.75) is 12.8 Å². The molecule has 1 aromatic heterocycles.